The molecule has 3 rings (SSSR count). The van der Waals surface area contributed by atoms with Gasteiger partial charge in [-0.25, -0.2) is 19.0 Å². The summed E-state index contributed by atoms with van der Waals surface area (Å²) in [6, 6.07) is 10.6. The van der Waals surface area contributed by atoms with Crippen molar-refractivity contribution >= 4 is 40.3 Å². The van der Waals surface area contributed by atoms with Gasteiger partial charge in [-0.1, -0.05) is 29.8 Å². The highest BCUT2D eigenvalue weighted by atomic mass is 35.5. The van der Waals surface area contributed by atoms with Crippen LogP contribution in [0, 0.1) is 5.82 Å². The Morgan fingerprint density at radius 3 is 2.75 bits per heavy atom. The van der Waals surface area contributed by atoms with Crippen molar-refractivity contribution in [2.45, 2.75) is 13.2 Å². The van der Waals surface area contributed by atoms with E-state index >= 15 is 0 Å². The van der Waals surface area contributed by atoms with Gasteiger partial charge < -0.3 is 20.1 Å². The first-order valence-electron chi connectivity index (χ1n) is 9.72. The molecule has 0 saturated carbocycles. The summed E-state index contributed by atoms with van der Waals surface area (Å²) < 4.78 is 18.4. The van der Waals surface area contributed by atoms with Crippen molar-refractivity contribution < 1.29 is 23.8 Å². The SMILES string of the molecule is CN(CCOC(=O)Nc1cc2cc(F)ccc2cn1)C(=O)NCc1cccc(CO)c1Cl. The van der Waals surface area contributed by atoms with Crippen LogP contribution in [0.4, 0.5) is 19.8 Å². The quantitative estimate of drug-likeness (QED) is 0.496. The lowest BCUT2D eigenvalue weighted by molar-refractivity contribution is 0.146. The van der Waals surface area contributed by atoms with E-state index in [4.69, 9.17) is 16.3 Å². The molecule has 3 amide bonds. The van der Waals surface area contributed by atoms with Gasteiger partial charge in [0, 0.05) is 25.2 Å². The number of nitrogens with one attached hydrogen (secondary N) is 2. The van der Waals surface area contributed by atoms with Crippen LogP contribution in [0.3, 0.4) is 0 Å². The number of likely N-dealkylation sites (N-methyl/N-ethyl adjacent to an activating group) is 1. The van der Waals surface area contributed by atoms with Crippen molar-refractivity contribution in [3.8, 4) is 0 Å². The summed E-state index contributed by atoms with van der Waals surface area (Å²) in [7, 11) is 1.56. The number of carbonyl (C=O) groups is 2. The molecular formula is C22H22ClFN4O4. The minimum atomic E-state index is -0.741. The van der Waals surface area contributed by atoms with Crippen molar-refractivity contribution in [2.75, 3.05) is 25.5 Å². The van der Waals surface area contributed by atoms with Gasteiger partial charge in [0.15, 0.2) is 0 Å². The Hall–Kier alpha value is -3.43. The van der Waals surface area contributed by atoms with Crippen molar-refractivity contribution in [3.05, 3.63) is 70.6 Å². The van der Waals surface area contributed by atoms with Gasteiger partial charge in [-0.3, -0.25) is 5.32 Å². The third-order valence-corrected chi connectivity index (χ3v) is 5.17. The summed E-state index contributed by atoms with van der Waals surface area (Å²) in [6.07, 6.45) is 0.778. The molecule has 2 aromatic carbocycles. The topological polar surface area (TPSA) is 104 Å². The number of aliphatic hydroxyl groups is 1. The van der Waals surface area contributed by atoms with E-state index in [1.54, 1.807) is 31.3 Å². The number of amides is 3. The predicted molar refractivity (Wildman–Crippen MR) is 119 cm³/mol. The average Bonchev–Trinajstić information content (AvgIpc) is 2.77. The van der Waals surface area contributed by atoms with Crippen molar-refractivity contribution in [1.82, 2.24) is 15.2 Å². The Bertz CT molecular complexity index is 1130. The van der Waals surface area contributed by atoms with Gasteiger partial charge in [-0.2, -0.15) is 0 Å². The first kappa shape index (κ1) is 23.2. The fraction of sp³-hybridized carbons (Fsp3) is 0.227. The number of ether oxygens (including phenoxy) is 1. The number of benzene rings is 2. The fourth-order valence-corrected chi connectivity index (χ4v) is 3.15. The third kappa shape index (κ3) is 6.05. The summed E-state index contributed by atoms with van der Waals surface area (Å²) in [5.74, 6) is -0.164. The van der Waals surface area contributed by atoms with Crippen molar-refractivity contribution in [3.63, 3.8) is 0 Å². The normalized spacial score (nSPS) is 10.6. The van der Waals surface area contributed by atoms with Gasteiger partial charge in [-0.05, 0) is 40.8 Å². The van der Waals surface area contributed by atoms with Gasteiger partial charge in [0.2, 0.25) is 0 Å². The molecule has 3 aromatic rings. The largest absolute Gasteiger partial charge is 0.447 e. The molecule has 1 aromatic heterocycles. The fourth-order valence-electron chi connectivity index (χ4n) is 2.90. The van der Waals surface area contributed by atoms with Crippen LogP contribution < -0.4 is 10.6 Å². The Morgan fingerprint density at radius 2 is 1.97 bits per heavy atom. The number of rotatable bonds is 7. The highest BCUT2D eigenvalue weighted by Gasteiger charge is 2.12. The molecule has 32 heavy (non-hydrogen) atoms. The Kier molecular flexibility index (Phi) is 7.80. The molecule has 1 heterocycles. The van der Waals surface area contributed by atoms with E-state index in [1.165, 1.54) is 29.3 Å². The number of hydrogen-bond donors (Lipinski definition) is 3. The molecule has 0 spiro atoms. The molecule has 0 aliphatic rings. The Labute approximate surface area is 189 Å². The minimum absolute atomic E-state index is 0.0429. The molecule has 0 unspecified atom stereocenters. The smallest absolute Gasteiger partial charge is 0.412 e. The van der Waals surface area contributed by atoms with Crippen LogP contribution >= 0.6 is 11.6 Å². The molecule has 0 bridgehead atoms. The van der Waals surface area contributed by atoms with Gasteiger partial charge >= 0.3 is 12.1 Å². The van der Waals surface area contributed by atoms with E-state index < -0.39 is 6.09 Å². The van der Waals surface area contributed by atoms with E-state index in [0.29, 0.717) is 21.5 Å². The highest BCUT2D eigenvalue weighted by molar-refractivity contribution is 6.32. The molecule has 0 atom stereocenters. The second-order valence-electron chi connectivity index (χ2n) is 6.95. The standard InChI is InChI=1S/C22H22ClFN4O4/c1-28(21(30)26-12-15-3-2-4-16(13-29)20(15)23)7-8-32-22(31)27-19-10-17-9-18(24)6-5-14(17)11-25-19/h2-6,9-11,29H,7-8,12-13H2,1H3,(H,26,30)(H,25,27,31). The Balaban J connectivity index is 1.43. The van der Waals surface area contributed by atoms with Crippen molar-refractivity contribution in [1.29, 1.82) is 0 Å². The summed E-state index contributed by atoms with van der Waals surface area (Å²) in [6.45, 7) is 0.107. The first-order valence-corrected chi connectivity index (χ1v) is 10.1. The summed E-state index contributed by atoms with van der Waals surface area (Å²) in [4.78, 5) is 29.6. The molecule has 10 heteroatoms. The zero-order valence-electron chi connectivity index (χ0n) is 17.3. The number of pyridine rings is 1. The number of urea groups is 1. The van der Waals surface area contributed by atoms with E-state index in [1.807, 2.05) is 0 Å². The molecular weight excluding hydrogens is 439 g/mol. The summed E-state index contributed by atoms with van der Waals surface area (Å²) in [5.41, 5.74) is 1.26. The van der Waals surface area contributed by atoms with Crippen LogP contribution in [0.5, 0.6) is 0 Å². The number of nitrogens with zero attached hydrogens (tertiary/aromatic N) is 2. The lowest BCUT2D eigenvalue weighted by Crippen LogP contribution is -2.39. The number of carbonyl (C=O) groups excluding carboxylic acids is 2. The molecule has 0 saturated heterocycles. The zero-order chi connectivity index (χ0) is 23.1. The number of fused-ring (bicyclic) bond motifs is 1. The van der Waals surface area contributed by atoms with E-state index in [0.717, 1.165) is 5.39 Å². The molecule has 0 fully saturated rings. The predicted octanol–water partition coefficient (Wildman–Crippen LogP) is 3.91. The molecule has 0 radical (unpaired) electrons. The second kappa shape index (κ2) is 10.7. The van der Waals surface area contributed by atoms with E-state index in [-0.39, 0.29) is 44.0 Å². The maximum atomic E-state index is 13.4. The van der Waals surface area contributed by atoms with Crippen LogP contribution in [0.25, 0.3) is 10.8 Å². The van der Waals surface area contributed by atoms with Crippen LogP contribution in [-0.2, 0) is 17.9 Å². The van der Waals surface area contributed by atoms with Crippen LogP contribution in [0.1, 0.15) is 11.1 Å². The lowest BCUT2D eigenvalue weighted by atomic mass is 10.1. The Morgan fingerprint density at radius 1 is 1.19 bits per heavy atom. The molecule has 168 valence electrons. The maximum Gasteiger partial charge on any atom is 0.412 e. The summed E-state index contributed by atoms with van der Waals surface area (Å²) >= 11 is 6.18. The summed E-state index contributed by atoms with van der Waals surface area (Å²) in [5, 5.41) is 16.2. The average molecular weight is 461 g/mol. The van der Waals surface area contributed by atoms with Crippen LogP contribution in [-0.4, -0.2) is 47.3 Å². The molecule has 0 aliphatic carbocycles. The number of aliphatic hydroxyl groups excluding tert-OH is 1. The van der Waals surface area contributed by atoms with E-state index in [9.17, 15) is 19.1 Å². The molecule has 8 nitrogen and oxygen atoms in total. The number of anilines is 1. The van der Waals surface area contributed by atoms with Crippen molar-refractivity contribution in [2.24, 2.45) is 0 Å². The first-order chi connectivity index (χ1) is 15.4. The number of aromatic nitrogens is 1. The van der Waals surface area contributed by atoms with Gasteiger partial charge in [0.25, 0.3) is 0 Å². The van der Waals surface area contributed by atoms with E-state index in [2.05, 4.69) is 15.6 Å². The zero-order valence-corrected chi connectivity index (χ0v) is 18.0. The number of hydrogen-bond acceptors (Lipinski definition) is 5. The lowest BCUT2D eigenvalue weighted by Gasteiger charge is -2.18. The van der Waals surface area contributed by atoms with Gasteiger partial charge in [0.1, 0.15) is 18.2 Å². The molecule has 0 aliphatic heterocycles. The van der Waals surface area contributed by atoms with Gasteiger partial charge in [-0.15, -0.1) is 0 Å². The number of halogens is 2. The highest BCUT2D eigenvalue weighted by Crippen LogP contribution is 2.21. The third-order valence-electron chi connectivity index (χ3n) is 4.68. The minimum Gasteiger partial charge on any atom is -0.447 e. The van der Waals surface area contributed by atoms with Gasteiger partial charge in [0.05, 0.1) is 18.2 Å². The van der Waals surface area contributed by atoms with Crippen LogP contribution in [0.15, 0.2) is 48.7 Å². The molecule has 3 N–H and O–H groups in total. The van der Waals surface area contributed by atoms with Crippen LogP contribution in [0.2, 0.25) is 5.02 Å². The second-order valence-corrected chi connectivity index (χ2v) is 7.33. The monoisotopic (exact) mass is 460 g/mol. The maximum absolute atomic E-state index is 13.4.